The number of thiazole rings is 1. The molecule has 1 aromatic carbocycles. The molecular formula is C12H11ClFN3O2S2. The molecule has 0 radical (unpaired) electrons. The summed E-state index contributed by atoms with van der Waals surface area (Å²) in [6.07, 6.45) is 0.774. The van der Waals surface area contributed by atoms with Crippen molar-refractivity contribution in [2.24, 2.45) is 0 Å². The Balaban J connectivity index is 1.88. The van der Waals surface area contributed by atoms with Crippen LogP contribution < -0.4 is 10.0 Å². The van der Waals surface area contributed by atoms with E-state index < -0.39 is 15.8 Å². The number of halogens is 2. The number of benzene rings is 1. The maximum Gasteiger partial charge on any atom is 0.263 e. The lowest BCUT2D eigenvalue weighted by atomic mass is 10.2. The summed E-state index contributed by atoms with van der Waals surface area (Å²) >= 11 is 6.91. The summed E-state index contributed by atoms with van der Waals surface area (Å²) < 4.78 is 40.0. The van der Waals surface area contributed by atoms with Crippen LogP contribution >= 0.6 is 22.9 Å². The minimum Gasteiger partial charge on any atom is -0.311 e. The molecule has 1 aliphatic rings. The highest BCUT2D eigenvalue weighted by atomic mass is 35.5. The molecule has 1 aliphatic heterocycles. The van der Waals surface area contributed by atoms with Crippen LogP contribution in [0.25, 0.3) is 0 Å². The number of nitrogens with one attached hydrogen (secondary N) is 2. The fourth-order valence-corrected chi connectivity index (χ4v) is 4.47. The van der Waals surface area contributed by atoms with Gasteiger partial charge >= 0.3 is 0 Å². The highest BCUT2D eigenvalue weighted by molar-refractivity contribution is 7.93. The van der Waals surface area contributed by atoms with E-state index in [9.17, 15) is 12.8 Å². The van der Waals surface area contributed by atoms with Gasteiger partial charge in [0.15, 0.2) is 5.13 Å². The zero-order valence-corrected chi connectivity index (χ0v) is 13.1. The summed E-state index contributed by atoms with van der Waals surface area (Å²) in [5.74, 6) is -0.661. The maximum atomic E-state index is 13.1. The van der Waals surface area contributed by atoms with Gasteiger partial charge in [0.05, 0.1) is 15.6 Å². The number of anilines is 1. The number of fused-ring (bicyclic) bond motifs is 1. The fourth-order valence-electron chi connectivity index (χ4n) is 1.99. The lowest BCUT2D eigenvalue weighted by molar-refractivity contribution is 0.599. The Hall–Kier alpha value is -1.22. The van der Waals surface area contributed by atoms with Crippen molar-refractivity contribution in [3.63, 3.8) is 0 Å². The number of hydrogen-bond acceptors (Lipinski definition) is 5. The van der Waals surface area contributed by atoms with Crippen LogP contribution in [0.3, 0.4) is 0 Å². The topological polar surface area (TPSA) is 71.1 Å². The van der Waals surface area contributed by atoms with Gasteiger partial charge in [-0.3, -0.25) is 4.72 Å². The molecule has 0 saturated heterocycles. The molecule has 0 unspecified atom stereocenters. The first-order valence-electron chi connectivity index (χ1n) is 6.13. The number of aromatic nitrogens is 1. The zero-order chi connectivity index (χ0) is 15.0. The SMILES string of the molecule is O=S(=O)(Nc1nc2c(s1)CNCC2)c1ccc(F)c(Cl)c1. The van der Waals surface area contributed by atoms with E-state index in [0.29, 0.717) is 11.7 Å². The molecule has 0 saturated carbocycles. The van der Waals surface area contributed by atoms with Crippen LogP contribution in [0.5, 0.6) is 0 Å². The van der Waals surface area contributed by atoms with E-state index >= 15 is 0 Å². The predicted octanol–water partition coefficient (Wildman–Crippen LogP) is 2.38. The molecule has 9 heteroatoms. The number of rotatable bonds is 3. The standard InChI is InChI=1S/C12H11ClFN3O2S2/c13-8-5-7(1-2-9(8)14)21(18,19)17-12-16-10-3-4-15-6-11(10)20-12/h1-2,5,15H,3-4,6H2,(H,16,17). The van der Waals surface area contributed by atoms with Gasteiger partial charge in [-0.1, -0.05) is 22.9 Å². The molecule has 0 spiro atoms. The molecule has 1 aromatic heterocycles. The molecule has 5 nitrogen and oxygen atoms in total. The summed E-state index contributed by atoms with van der Waals surface area (Å²) in [7, 11) is -3.83. The monoisotopic (exact) mass is 347 g/mol. The minimum atomic E-state index is -3.83. The van der Waals surface area contributed by atoms with Gasteiger partial charge in [-0.05, 0) is 18.2 Å². The second-order valence-corrected chi connectivity index (χ2v) is 7.67. The van der Waals surface area contributed by atoms with Crippen LogP contribution in [0, 0.1) is 5.82 Å². The van der Waals surface area contributed by atoms with E-state index in [-0.39, 0.29) is 9.92 Å². The van der Waals surface area contributed by atoms with Gasteiger partial charge in [0, 0.05) is 24.4 Å². The van der Waals surface area contributed by atoms with Gasteiger partial charge in [0.2, 0.25) is 0 Å². The number of nitrogens with zero attached hydrogens (tertiary/aromatic N) is 1. The van der Waals surface area contributed by atoms with Crippen LogP contribution in [0.2, 0.25) is 5.02 Å². The summed E-state index contributed by atoms with van der Waals surface area (Å²) in [6.45, 7) is 1.52. The van der Waals surface area contributed by atoms with Crippen LogP contribution in [0.1, 0.15) is 10.6 Å². The smallest absolute Gasteiger partial charge is 0.263 e. The zero-order valence-electron chi connectivity index (χ0n) is 10.7. The predicted molar refractivity (Wildman–Crippen MR) is 79.7 cm³/mol. The van der Waals surface area contributed by atoms with Crippen molar-refractivity contribution >= 4 is 38.1 Å². The van der Waals surface area contributed by atoms with Crippen LogP contribution in [-0.2, 0) is 23.0 Å². The highest BCUT2D eigenvalue weighted by Gasteiger charge is 2.20. The average molecular weight is 348 g/mol. The quantitative estimate of drug-likeness (QED) is 0.894. The van der Waals surface area contributed by atoms with E-state index in [1.807, 2.05) is 0 Å². The third kappa shape index (κ3) is 3.03. The molecule has 112 valence electrons. The molecule has 0 amide bonds. The Bertz CT molecular complexity index is 768. The van der Waals surface area contributed by atoms with Crippen molar-refractivity contribution in [1.82, 2.24) is 10.3 Å². The van der Waals surface area contributed by atoms with Crippen molar-refractivity contribution in [3.05, 3.63) is 39.6 Å². The van der Waals surface area contributed by atoms with E-state index in [0.717, 1.165) is 35.7 Å². The summed E-state index contributed by atoms with van der Waals surface area (Å²) in [6, 6.07) is 3.26. The molecule has 2 heterocycles. The average Bonchev–Trinajstić information content (AvgIpc) is 2.82. The second kappa shape index (κ2) is 5.53. The van der Waals surface area contributed by atoms with E-state index in [4.69, 9.17) is 11.6 Å². The first-order chi connectivity index (χ1) is 9.95. The summed E-state index contributed by atoms with van der Waals surface area (Å²) in [5, 5.41) is 3.27. The van der Waals surface area contributed by atoms with Gasteiger partial charge in [0.1, 0.15) is 5.82 Å². The van der Waals surface area contributed by atoms with Crippen molar-refractivity contribution in [2.75, 3.05) is 11.3 Å². The normalized spacial score (nSPS) is 14.8. The van der Waals surface area contributed by atoms with Crippen LogP contribution in [0.4, 0.5) is 9.52 Å². The molecule has 0 fully saturated rings. The van der Waals surface area contributed by atoms with Gasteiger partial charge in [-0.25, -0.2) is 17.8 Å². The molecule has 2 N–H and O–H groups in total. The largest absolute Gasteiger partial charge is 0.311 e. The summed E-state index contributed by atoms with van der Waals surface area (Å²) in [4.78, 5) is 5.21. The molecule has 0 aliphatic carbocycles. The third-order valence-corrected chi connectivity index (χ3v) is 5.79. The Labute approximate surface area is 130 Å². The Kier molecular flexibility index (Phi) is 3.87. The third-order valence-electron chi connectivity index (χ3n) is 3.03. The molecule has 0 bridgehead atoms. The Morgan fingerprint density at radius 3 is 2.95 bits per heavy atom. The molecular weight excluding hydrogens is 337 g/mol. The van der Waals surface area contributed by atoms with E-state index in [1.54, 1.807) is 0 Å². The summed E-state index contributed by atoms with van der Waals surface area (Å²) in [5.41, 5.74) is 0.911. The van der Waals surface area contributed by atoms with E-state index in [1.165, 1.54) is 17.4 Å². The van der Waals surface area contributed by atoms with Crippen molar-refractivity contribution in [1.29, 1.82) is 0 Å². The molecule has 2 aromatic rings. The van der Waals surface area contributed by atoms with Gasteiger partial charge in [0.25, 0.3) is 10.0 Å². The molecule has 3 rings (SSSR count). The highest BCUT2D eigenvalue weighted by Crippen LogP contribution is 2.28. The first kappa shape index (κ1) is 14.7. The van der Waals surface area contributed by atoms with Crippen LogP contribution in [0.15, 0.2) is 23.1 Å². The maximum absolute atomic E-state index is 13.1. The van der Waals surface area contributed by atoms with Crippen molar-refractivity contribution in [3.8, 4) is 0 Å². The van der Waals surface area contributed by atoms with Crippen molar-refractivity contribution in [2.45, 2.75) is 17.9 Å². The van der Waals surface area contributed by atoms with Crippen LogP contribution in [-0.4, -0.2) is 19.9 Å². The van der Waals surface area contributed by atoms with Gasteiger partial charge < -0.3 is 5.32 Å². The fraction of sp³-hybridized carbons (Fsp3) is 0.250. The number of sulfonamides is 1. The van der Waals surface area contributed by atoms with E-state index in [2.05, 4.69) is 15.0 Å². The lowest BCUT2D eigenvalue weighted by Crippen LogP contribution is -2.22. The number of hydrogen-bond donors (Lipinski definition) is 2. The minimum absolute atomic E-state index is 0.0970. The van der Waals surface area contributed by atoms with Crippen molar-refractivity contribution < 1.29 is 12.8 Å². The first-order valence-corrected chi connectivity index (χ1v) is 8.80. The Morgan fingerprint density at radius 2 is 2.24 bits per heavy atom. The van der Waals surface area contributed by atoms with Gasteiger partial charge in [-0.2, -0.15) is 0 Å². The molecule has 0 atom stereocenters. The molecule has 21 heavy (non-hydrogen) atoms. The van der Waals surface area contributed by atoms with Gasteiger partial charge in [-0.15, -0.1) is 0 Å². The second-order valence-electron chi connectivity index (χ2n) is 4.50. The Morgan fingerprint density at radius 1 is 1.43 bits per heavy atom. The lowest BCUT2D eigenvalue weighted by Gasteiger charge is -2.09.